The summed E-state index contributed by atoms with van der Waals surface area (Å²) >= 11 is 0. The van der Waals surface area contributed by atoms with Gasteiger partial charge in [-0.2, -0.15) is 13.2 Å². The maximum atomic E-state index is 12.8. The number of carbonyl (C=O) groups excluding carboxylic acids is 2. The van der Waals surface area contributed by atoms with Gasteiger partial charge in [0.15, 0.2) is 5.58 Å². The molecular weight excluding hydrogens is 385 g/mol. The Morgan fingerprint density at radius 3 is 2.62 bits per heavy atom. The Kier molecular flexibility index (Phi) is 5.72. The lowest BCUT2D eigenvalue weighted by atomic mass is 9.99. The van der Waals surface area contributed by atoms with Gasteiger partial charge in [-0.15, -0.1) is 0 Å². The normalized spacial score (nSPS) is 12.8. The number of aromatic nitrogens is 1. The van der Waals surface area contributed by atoms with Crippen LogP contribution in [0.3, 0.4) is 0 Å². The second kappa shape index (κ2) is 8.06. The topological polar surface area (TPSA) is 86.2 Å². The number of aryl methyl sites for hydroxylation is 1. The quantitative estimate of drug-likeness (QED) is 0.587. The first-order valence-corrected chi connectivity index (χ1v) is 9.06. The van der Waals surface area contributed by atoms with Crippen molar-refractivity contribution in [2.75, 3.05) is 0 Å². The van der Waals surface area contributed by atoms with Crippen LogP contribution in [0.5, 0.6) is 0 Å². The van der Waals surface area contributed by atoms with Gasteiger partial charge in [-0.1, -0.05) is 25.1 Å². The van der Waals surface area contributed by atoms with Gasteiger partial charge in [0, 0.05) is 11.5 Å². The molecule has 0 spiro atoms. The number of nitrogens with zero attached hydrogens (tertiary/aromatic N) is 1. The van der Waals surface area contributed by atoms with E-state index in [2.05, 4.69) is 4.98 Å². The van der Waals surface area contributed by atoms with Crippen molar-refractivity contribution in [1.82, 2.24) is 4.98 Å². The van der Waals surface area contributed by atoms with Crippen molar-refractivity contribution in [3.8, 4) is 0 Å². The Morgan fingerprint density at radius 2 is 1.93 bits per heavy atom. The number of benzene rings is 2. The lowest BCUT2D eigenvalue weighted by Crippen LogP contribution is -2.20. The van der Waals surface area contributed by atoms with E-state index >= 15 is 0 Å². The van der Waals surface area contributed by atoms with Crippen LogP contribution in [-0.4, -0.2) is 16.7 Å². The Bertz CT molecular complexity index is 1060. The fourth-order valence-electron chi connectivity index (χ4n) is 2.95. The van der Waals surface area contributed by atoms with E-state index in [9.17, 15) is 22.8 Å². The Morgan fingerprint density at radius 1 is 1.17 bits per heavy atom. The minimum absolute atomic E-state index is 0.0280. The Balaban J connectivity index is 1.77. The van der Waals surface area contributed by atoms with Crippen LogP contribution >= 0.6 is 0 Å². The van der Waals surface area contributed by atoms with E-state index < -0.39 is 17.5 Å². The van der Waals surface area contributed by atoms with Gasteiger partial charge in [0.1, 0.15) is 5.52 Å². The van der Waals surface area contributed by atoms with Gasteiger partial charge in [0.25, 0.3) is 5.89 Å². The molecule has 5 nitrogen and oxygen atoms in total. The van der Waals surface area contributed by atoms with Crippen LogP contribution in [0.2, 0.25) is 0 Å². The number of oxazole rings is 1. The van der Waals surface area contributed by atoms with Gasteiger partial charge >= 0.3 is 6.18 Å². The molecule has 152 valence electrons. The monoisotopic (exact) mass is 404 g/mol. The largest absolute Gasteiger partial charge is 0.433 e. The number of alkyl halides is 3. The molecular formula is C21H19F3N2O3. The van der Waals surface area contributed by atoms with E-state index in [1.165, 1.54) is 0 Å². The molecule has 0 bridgehead atoms. The molecule has 1 aromatic heterocycles. The highest BCUT2D eigenvalue weighted by Gasteiger charge is 2.31. The predicted octanol–water partition coefficient (Wildman–Crippen LogP) is 4.52. The SMILES string of the molecule is CC(CCCc1cccc(C(=O)c2nc3cc(C(F)(F)F)ccc3o2)c1)C(N)=O. The molecule has 8 heteroatoms. The third-order valence-electron chi connectivity index (χ3n) is 4.69. The van der Waals surface area contributed by atoms with Gasteiger partial charge < -0.3 is 10.2 Å². The highest BCUT2D eigenvalue weighted by Crippen LogP contribution is 2.31. The molecule has 3 rings (SSSR count). The molecule has 1 amide bonds. The van der Waals surface area contributed by atoms with E-state index in [-0.39, 0.29) is 28.8 Å². The first-order valence-electron chi connectivity index (χ1n) is 9.06. The Labute approximate surface area is 164 Å². The average molecular weight is 404 g/mol. The smallest absolute Gasteiger partial charge is 0.416 e. The summed E-state index contributed by atoms with van der Waals surface area (Å²) in [6.45, 7) is 1.76. The third kappa shape index (κ3) is 4.82. The van der Waals surface area contributed by atoms with Crippen LogP contribution in [-0.2, 0) is 17.4 Å². The van der Waals surface area contributed by atoms with Crippen molar-refractivity contribution in [1.29, 1.82) is 0 Å². The van der Waals surface area contributed by atoms with Crippen molar-refractivity contribution in [2.45, 2.75) is 32.4 Å². The predicted molar refractivity (Wildman–Crippen MR) is 100 cm³/mol. The summed E-state index contributed by atoms with van der Waals surface area (Å²) in [6.07, 6.45) is -2.48. The number of rotatable bonds is 7. The van der Waals surface area contributed by atoms with Crippen molar-refractivity contribution in [2.24, 2.45) is 11.7 Å². The van der Waals surface area contributed by atoms with Gasteiger partial charge in [0.2, 0.25) is 11.7 Å². The summed E-state index contributed by atoms with van der Waals surface area (Å²) in [5.41, 5.74) is 5.69. The first-order chi connectivity index (χ1) is 13.6. The maximum absolute atomic E-state index is 12.8. The molecule has 1 heterocycles. The number of nitrogens with two attached hydrogens (primary N) is 1. The summed E-state index contributed by atoms with van der Waals surface area (Å²) in [4.78, 5) is 27.7. The number of halogens is 3. The van der Waals surface area contributed by atoms with Gasteiger partial charge in [0.05, 0.1) is 5.56 Å². The molecule has 3 aromatic rings. The number of hydrogen-bond acceptors (Lipinski definition) is 4. The fraction of sp³-hybridized carbons (Fsp3) is 0.286. The van der Waals surface area contributed by atoms with Crippen molar-refractivity contribution < 1.29 is 27.2 Å². The van der Waals surface area contributed by atoms with Crippen molar-refractivity contribution in [3.05, 3.63) is 65.0 Å². The second-order valence-electron chi connectivity index (χ2n) is 6.92. The van der Waals surface area contributed by atoms with Gasteiger partial charge in [-0.3, -0.25) is 9.59 Å². The second-order valence-corrected chi connectivity index (χ2v) is 6.92. The molecule has 2 N–H and O–H groups in total. The number of primary amides is 1. The van der Waals surface area contributed by atoms with Gasteiger partial charge in [-0.05, 0) is 49.1 Å². The summed E-state index contributed by atoms with van der Waals surface area (Å²) in [5, 5.41) is 0. The van der Waals surface area contributed by atoms with E-state index in [4.69, 9.17) is 10.2 Å². The highest BCUT2D eigenvalue weighted by atomic mass is 19.4. The molecule has 0 saturated carbocycles. The summed E-state index contributed by atoms with van der Waals surface area (Å²) in [7, 11) is 0. The van der Waals surface area contributed by atoms with E-state index in [1.807, 2.05) is 6.07 Å². The van der Waals surface area contributed by atoms with Crippen LogP contribution in [0.15, 0.2) is 46.9 Å². The number of ketones is 1. The standard InChI is InChI=1S/C21H19F3N2O3/c1-12(19(25)28)4-2-5-13-6-3-7-14(10-13)18(27)20-26-16-11-15(21(22,23)24)8-9-17(16)29-20/h3,6-12H,2,4-5H2,1H3,(H2,25,28). The number of amides is 1. The molecule has 1 unspecified atom stereocenters. The number of fused-ring (bicyclic) bond motifs is 1. The van der Waals surface area contributed by atoms with Crippen LogP contribution < -0.4 is 5.73 Å². The van der Waals surface area contributed by atoms with Crippen molar-refractivity contribution >= 4 is 22.8 Å². The van der Waals surface area contributed by atoms with Gasteiger partial charge in [-0.25, -0.2) is 4.98 Å². The van der Waals surface area contributed by atoms with E-state index in [0.717, 1.165) is 30.2 Å². The van der Waals surface area contributed by atoms with Crippen LogP contribution in [0.1, 0.15) is 47.1 Å². The molecule has 0 aliphatic rings. The third-order valence-corrected chi connectivity index (χ3v) is 4.69. The highest BCUT2D eigenvalue weighted by molar-refractivity contribution is 6.07. The molecule has 0 fully saturated rings. The first kappa shape index (κ1) is 20.6. The van der Waals surface area contributed by atoms with Crippen molar-refractivity contribution in [3.63, 3.8) is 0 Å². The molecule has 0 radical (unpaired) electrons. The molecule has 1 atom stereocenters. The minimum atomic E-state index is -4.50. The number of carbonyl (C=O) groups is 2. The number of hydrogen-bond donors (Lipinski definition) is 1. The van der Waals surface area contributed by atoms with Crippen LogP contribution in [0, 0.1) is 5.92 Å². The molecule has 2 aromatic carbocycles. The summed E-state index contributed by atoms with van der Waals surface area (Å²) in [6, 6.07) is 9.73. The molecule has 0 saturated heterocycles. The molecule has 29 heavy (non-hydrogen) atoms. The maximum Gasteiger partial charge on any atom is 0.416 e. The van der Waals surface area contributed by atoms with Crippen LogP contribution in [0.25, 0.3) is 11.1 Å². The molecule has 0 aliphatic heterocycles. The summed E-state index contributed by atoms with van der Waals surface area (Å²) in [5.74, 6) is -1.35. The lowest BCUT2D eigenvalue weighted by Gasteiger charge is -2.07. The minimum Gasteiger partial charge on any atom is -0.433 e. The zero-order chi connectivity index (χ0) is 21.2. The molecule has 0 aliphatic carbocycles. The van der Waals surface area contributed by atoms with Crippen LogP contribution in [0.4, 0.5) is 13.2 Å². The van der Waals surface area contributed by atoms with E-state index in [0.29, 0.717) is 18.4 Å². The average Bonchev–Trinajstić information content (AvgIpc) is 3.10. The fourth-order valence-corrected chi connectivity index (χ4v) is 2.95. The van der Waals surface area contributed by atoms with E-state index in [1.54, 1.807) is 25.1 Å². The summed E-state index contributed by atoms with van der Waals surface area (Å²) < 4.78 is 43.9. The zero-order valence-corrected chi connectivity index (χ0v) is 15.6. The zero-order valence-electron chi connectivity index (χ0n) is 15.6. The lowest BCUT2D eigenvalue weighted by molar-refractivity contribution is -0.137. The Hall–Kier alpha value is -3.16.